The molecule has 4 nitrogen and oxygen atoms in total. The van der Waals surface area contributed by atoms with Crippen LogP contribution in [0.3, 0.4) is 0 Å². The first kappa shape index (κ1) is 26.8. The van der Waals surface area contributed by atoms with Crippen molar-refractivity contribution < 1.29 is 40.0 Å². The smallest absolute Gasteiger partial charge is 0.423 e. The van der Waals surface area contributed by atoms with E-state index in [0.717, 1.165) is 44.4 Å². The van der Waals surface area contributed by atoms with Crippen molar-refractivity contribution in [3.63, 3.8) is 0 Å². The van der Waals surface area contributed by atoms with Crippen LogP contribution in [0.25, 0.3) is 22.1 Å². The van der Waals surface area contributed by atoms with Gasteiger partial charge in [-0.1, -0.05) is 31.9 Å². The highest BCUT2D eigenvalue weighted by atomic mass is 32.2. The summed E-state index contributed by atoms with van der Waals surface area (Å²) < 4.78 is 90.6. The Kier molecular flexibility index (Phi) is 8.00. The van der Waals surface area contributed by atoms with Crippen LogP contribution >= 0.6 is 10.8 Å². The quantitative estimate of drug-likeness (QED) is 0.148. The summed E-state index contributed by atoms with van der Waals surface area (Å²) in [5.41, 5.74) is -7.28. The highest BCUT2D eigenvalue weighted by Crippen LogP contribution is 2.41. The molecule has 0 aliphatic carbocycles. The molecule has 1 atom stereocenters. The van der Waals surface area contributed by atoms with E-state index in [9.17, 15) is 36.2 Å². The second kappa shape index (κ2) is 10.4. The summed E-state index contributed by atoms with van der Waals surface area (Å²) in [6, 6.07) is 8.39. The Morgan fingerprint density at radius 2 is 1.71 bits per heavy atom. The molecule has 35 heavy (non-hydrogen) atoms. The van der Waals surface area contributed by atoms with Gasteiger partial charge in [0.15, 0.2) is 0 Å². The Hall–Kier alpha value is -2.79. The van der Waals surface area contributed by atoms with Crippen LogP contribution in [-0.4, -0.2) is 15.7 Å². The van der Waals surface area contributed by atoms with Gasteiger partial charge in [-0.2, -0.15) is 26.3 Å². The zero-order valence-electron chi connectivity index (χ0n) is 18.7. The molecule has 0 saturated heterocycles. The maximum Gasteiger partial charge on any atom is 0.473 e. The zero-order valence-corrected chi connectivity index (χ0v) is 19.5. The minimum absolute atomic E-state index is 0.178. The highest BCUT2D eigenvalue weighted by Gasteiger charge is 2.37. The summed E-state index contributed by atoms with van der Waals surface area (Å²) in [6.07, 6.45) is -1.72. The average molecular weight is 520 g/mol. The molecule has 0 amide bonds. The minimum Gasteiger partial charge on any atom is -0.423 e. The Balaban J connectivity index is 2.05. The highest BCUT2D eigenvalue weighted by molar-refractivity contribution is 8.12. The predicted molar refractivity (Wildman–Crippen MR) is 124 cm³/mol. The van der Waals surface area contributed by atoms with Crippen LogP contribution < -0.4 is 9.81 Å². The Bertz CT molecular complexity index is 1300. The number of unbranched alkanes of at least 4 members (excludes halogenated alkanes) is 2. The number of halogens is 6. The number of aliphatic hydroxyl groups is 1. The Morgan fingerprint density at radius 1 is 1.00 bits per heavy atom. The van der Waals surface area contributed by atoms with Crippen molar-refractivity contribution in [1.29, 1.82) is 0 Å². The molecule has 0 spiro atoms. The summed E-state index contributed by atoms with van der Waals surface area (Å²) in [6.45, 7) is 2.83. The molecule has 0 saturated carbocycles. The number of aryl methyl sites for hydroxylation is 1. The van der Waals surface area contributed by atoms with Gasteiger partial charge in [0.1, 0.15) is 27.1 Å². The van der Waals surface area contributed by atoms with Crippen LogP contribution in [0.1, 0.15) is 44.2 Å². The molecule has 0 radical (unpaired) electrons. The van der Waals surface area contributed by atoms with Gasteiger partial charge in [-0.25, -0.2) is 4.79 Å². The number of alkyl halides is 6. The van der Waals surface area contributed by atoms with Gasteiger partial charge in [-0.3, -0.25) is 0 Å². The van der Waals surface area contributed by atoms with E-state index in [1.165, 1.54) is 24.3 Å². The normalized spacial score (nSPS) is 13.7. The van der Waals surface area contributed by atoms with Gasteiger partial charge in [0.2, 0.25) is 0 Å². The summed E-state index contributed by atoms with van der Waals surface area (Å²) in [7, 11) is -2.92. The maximum absolute atomic E-state index is 13.8. The molecule has 0 aliphatic rings. The second-order valence-electron chi connectivity index (χ2n) is 7.80. The fourth-order valence-electron chi connectivity index (χ4n) is 3.50. The second-order valence-corrected chi connectivity index (χ2v) is 9.56. The molecule has 0 fully saturated rings. The zero-order chi connectivity index (χ0) is 26.0. The molecule has 2 aromatic carbocycles. The van der Waals surface area contributed by atoms with E-state index in [1.54, 1.807) is 0 Å². The van der Waals surface area contributed by atoms with Crippen LogP contribution in [0.4, 0.5) is 26.3 Å². The van der Waals surface area contributed by atoms with Crippen LogP contribution in [0, 0.1) is 0 Å². The number of hydrogen-bond donors (Lipinski definition) is 1. The first-order valence-electron chi connectivity index (χ1n) is 10.6. The maximum atomic E-state index is 13.8. The number of rotatable bonds is 7. The Morgan fingerprint density at radius 3 is 2.31 bits per heavy atom. The molecule has 1 N–H and O–H groups in total. The molecule has 1 heterocycles. The van der Waals surface area contributed by atoms with E-state index in [-0.39, 0.29) is 27.8 Å². The third kappa shape index (κ3) is 6.46. The largest absolute Gasteiger partial charge is 0.473 e. The topological polar surface area (TPSA) is 59.7 Å². The summed E-state index contributed by atoms with van der Waals surface area (Å²) in [5, 5.41) is 8.51. The van der Waals surface area contributed by atoms with Crippen LogP contribution in [0.2, 0.25) is 0 Å². The van der Waals surface area contributed by atoms with Gasteiger partial charge >= 0.3 is 17.3 Å². The fourth-order valence-corrected chi connectivity index (χ4v) is 4.34. The molecule has 0 bridgehead atoms. The SMILES string of the molecule is CCCCCc1ccc(-c2cc3ccc(O/S(=C(/C)O)C(F)(F)F)cc3oc2=O)c(C(F)(F)F)c1. The Labute approximate surface area is 199 Å². The first-order valence-corrected chi connectivity index (χ1v) is 11.8. The van der Waals surface area contributed by atoms with Gasteiger partial charge in [0.25, 0.3) is 0 Å². The number of hydrogen-bond acceptors (Lipinski definition) is 3. The fraction of sp³-hybridized carbons (Fsp3) is 0.333. The van der Waals surface area contributed by atoms with Gasteiger partial charge in [-0.05, 0) is 49.6 Å². The molecule has 3 rings (SSSR count). The molecule has 3 aromatic rings. The lowest BCUT2D eigenvalue weighted by molar-refractivity contribution is -0.137. The van der Waals surface area contributed by atoms with Crippen molar-refractivity contribution in [3.05, 3.63) is 64.0 Å². The third-order valence-corrected chi connectivity index (χ3v) is 6.43. The molecule has 1 aromatic heterocycles. The standard InChI is InChI=1S/C24H22F6O4S/c1-3-4-5-6-15-7-10-18(20(11-15)23(25,26)27)19-12-16-8-9-17(13-21(16)33-22(19)32)34-35(14(2)31)24(28,29)30/h7-13,31H,3-6H2,1-2H3. The van der Waals surface area contributed by atoms with Crippen molar-refractivity contribution in [3.8, 4) is 16.9 Å². The lowest BCUT2D eigenvalue weighted by Crippen LogP contribution is -2.13. The van der Waals surface area contributed by atoms with Crippen molar-refractivity contribution >= 4 is 26.8 Å². The summed E-state index contributed by atoms with van der Waals surface area (Å²) >= 11 is 0. The van der Waals surface area contributed by atoms with Crippen LogP contribution in [0.15, 0.2) is 51.7 Å². The van der Waals surface area contributed by atoms with E-state index >= 15 is 0 Å². The molecule has 11 heteroatoms. The lowest BCUT2D eigenvalue weighted by atomic mass is 9.95. The molecular formula is C24H22F6O4S. The van der Waals surface area contributed by atoms with E-state index in [2.05, 4.69) is 0 Å². The van der Waals surface area contributed by atoms with Crippen LogP contribution in [0.5, 0.6) is 5.75 Å². The van der Waals surface area contributed by atoms with E-state index < -0.39 is 38.7 Å². The predicted octanol–water partition coefficient (Wildman–Crippen LogP) is 8.00. The third-order valence-electron chi connectivity index (χ3n) is 5.11. The number of benzene rings is 2. The first-order chi connectivity index (χ1) is 16.3. The van der Waals surface area contributed by atoms with Crippen molar-refractivity contribution in [2.24, 2.45) is 0 Å². The van der Waals surface area contributed by atoms with E-state index in [0.29, 0.717) is 12.0 Å². The van der Waals surface area contributed by atoms with Crippen molar-refractivity contribution in [2.75, 3.05) is 0 Å². The van der Waals surface area contributed by atoms with E-state index in [1.807, 2.05) is 6.92 Å². The van der Waals surface area contributed by atoms with Crippen LogP contribution in [-0.2, 0) is 12.6 Å². The molecular weight excluding hydrogens is 498 g/mol. The van der Waals surface area contributed by atoms with Gasteiger partial charge in [-0.15, -0.1) is 0 Å². The van der Waals surface area contributed by atoms with Gasteiger partial charge in [0.05, 0.1) is 11.1 Å². The average Bonchev–Trinajstić information content (AvgIpc) is 2.75. The number of aliphatic hydroxyl groups excluding tert-OH is 1. The minimum atomic E-state index is -4.87. The molecule has 1 unspecified atom stereocenters. The van der Waals surface area contributed by atoms with Crippen molar-refractivity contribution in [1.82, 2.24) is 0 Å². The monoisotopic (exact) mass is 520 g/mol. The lowest BCUT2D eigenvalue weighted by Gasteiger charge is -2.16. The number of fused-ring (bicyclic) bond motifs is 1. The van der Waals surface area contributed by atoms with E-state index in [4.69, 9.17) is 8.60 Å². The van der Waals surface area contributed by atoms with Gasteiger partial charge < -0.3 is 13.7 Å². The molecule has 0 aliphatic heterocycles. The molecule has 190 valence electrons. The van der Waals surface area contributed by atoms with Crippen molar-refractivity contribution in [2.45, 2.75) is 51.2 Å². The summed E-state index contributed by atoms with van der Waals surface area (Å²) in [4.78, 5) is 12.6. The van der Waals surface area contributed by atoms with Gasteiger partial charge in [0, 0.05) is 17.0 Å². The summed E-state index contributed by atoms with van der Waals surface area (Å²) in [5.74, 6) is -0.338.